The molecule has 2 aliphatic rings. The Balaban J connectivity index is 1.26. The fraction of sp³-hybridized carbons (Fsp3) is 0.500. The number of carbonyl (C=O) groups is 1. The van der Waals surface area contributed by atoms with Crippen molar-refractivity contribution in [2.75, 3.05) is 37.3 Å². The van der Waals surface area contributed by atoms with Crippen LogP contribution in [0.5, 0.6) is 0 Å². The van der Waals surface area contributed by atoms with Crippen LogP contribution in [-0.4, -0.2) is 43.2 Å². The first-order valence-corrected chi connectivity index (χ1v) is 13.1. The van der Waals surface area contributed by atoms with Gasteiger partial charge in [-0.05, 0) is 74.5 Å². The summed E-state index contributed by atoms with van der Waals surface area (Å²) < 4.78 is 0. The molecule has 0 saturated carbocycles. The van der Waals surface area contributed by atoms with Gasteiger partial charge in [-0.25, -0.2) is 0 Å². The van der Waals surface area contributed by atoms with Crippen LogP contribution in [0.25, 0.3) is 0 Å². The van der Waals surface area contributed by atoms with Crippen LogP contribution in [0.15, 0.2) is 53.4 Å². The number of anilines is 1. The molecule has 0 aromatic heterocycles. The smallest absolute Gasteiger partial charge is 0.229 e. The van der Waals surface area contributed by atoms with Crippen molar-refractivity contribution < 1.29 is 4.79 Å². The number of piperidine rings is 2. The summed E-state index contributed by atoms with van der Waals surface area (Å²) in [5, 5.41) is 0.855. The molecule has 1 unspecified atom stereocenters. The maximum Gasteiger partial charge on any atom is 0.229 e. The van der Waals surface area contributed by atoms with E-state index in [1.807, 2.05) is 25.1 Å². The number of benzene rings is 2. The minimum Gasteiger partial charge on any atom is -0.371 e. The van der Waals surface area contributed by atoms with Crippen molar-refractivity contribution >= 4 is 35.0 Å². The summed E-state index contributed by atoms with van der Waals surface area (Å²) in [4.78, 5) is 18.7. The molecule has 0 aliphatic carbocycles. The standard InChI is InChI=1S/C26H33ClN2OS/c1-19(20-6-4-3-5-7-20)26(30)29-16-12-22(13-17-29)21-10-14-28(15-11-21)23-8-9-25(31-2)24(27)18-23/h3-9,18-19,21-22H,10-17H2,1-2H3. The molecule has 2 saturated heterocycles. The summed E-state index contributed by atoms with van der Waals surface area (Å²) in [6.07, 6.45) is 6.83. The molecule has 4 rings (SSSR count). The summed E-state index contributed by atoms with van der Waals surface area (Å²) in [6.45, 7) is 6.06. The first-order chi connectivity index (χ1) is 15.1. The molecular weight excluding hydrogens is 424 g/mol. The van der Waals surface area contributed by atoms with E-state index < -0.39 is 0 Å². The van der Waals surface area contributed by atoms with Gasteiger partial charge in [-0.15, -0.1) is 11.8 Å². The maximum atomic E-state index is 13.0. The third kappa shape index (κ3) is 5.23. The lowest BCUT2D eigenvalue weighted by Crippen LogP contribution is -2.44. The summed E-state index contributed by atoms with van der Waals surface area (Å²) in [5.74, 6) is 1.76. The topological polar surface area (TPSA) is 23.6 Å². The molecule has 0 radical (unpaired) electrons. The number of nitrogens with zero attached hydrogens (tertiary/aromatic N) is 2. The van der Waals surface area contributed by atoms with Gasteiger partial charge in [0.1, 0.15) is 0 Å². The van der Waals surface area contributed by atoms with Gasteiger partial charge in [-0.1, -0.05) is 41.9 Å². The molecule has 3 nitrogen and oxygen atoms in total. The van der Waals surface area contributed by atoms with Crippen molar-refractivity contribution in [3.05, 3.63) is 59.1 Å². The molecule has 5 heteroatoms. The second kappa shape index (κ2) is 10.3. The lowest BCUT2D eigenvalue weighted by molar-refractivity contribution is -0.134. The van der Waals surface area contributed by atoms with Gasteiger partial charge in [-0.2, -0.15) is 0 Å². The lowest BCUT2D eigenvalue weighted by atomic mass is 9.78. The Morgan fingerprint density at radius 2 is 1.58 bits per heavy atom. The van der Waals surface area contributed by atoms with Gasteiger partial charge >= 0.3 is 0 Å². The van der Waals surface area contributed by atoms with Crippen LogP contribution in [0.2, 0.25) is 5.02 Å². The highest BCUT2D eigenvalue weighted by Gasteiger charge is 2.32. The predicted octanol–water partition coefficient (Wildman–Crippen LogP) is 6.32. The number of amides is 1. The summed E-state index contributed by atoms with van der Waals surface area (Å²) in [7, 11) is 0. The van der Waals surface area contributed by atoms with E-state index in [1.165, 1.54) is 18.5 Å². The van der Waals surface area contributed by atoms with Gasteiger partial charge in [0, 0.05) is 36.8 Å². The van der Waals surface area contributed by atoms with E-state index in [4.69, 9.17) is 11.6 Å². The minimum atomic E-state index is -0.0506. The average Bonchev–Trinajstić information content (AvgIpc) is 2.84. The predicted molar refractivity (Wildman–Crippen MR) is 132 cm³/mol. The molecule has 2 aromatic carbocycles. The van der Waals surface area contributed by atoms with Gasteiger partial charge < -0.3 is 9.80 Å². The van der Waals surface area contributed by atoms with E-state index in [2.05, 4.69) is 46.4 Å². The van der Waals surface area contributed by atoms with Gasteiger partial charge in [0.05, 0.1) is 10.9 Å². The highest BCUT2D eigenvalue weighted by molar-refractivity contribution is 7.98. The molecule has 0 spiro atoms. The average molecular weight is 457 g/mol. The molecular formula is C26H33ClN2OS. The van der Waals surface area contributed by atoms with Crippen LogP contribution in [-0.2, 0) is 4.79 Å². The summed E-state index contributed by atoms with van der Waals surface area (Å²) in [6, 6.07) is 16.6. The number of likely N-dealkylation sites (tertiary alicyclic amines) is 1. The fourth-order valence-electron chi connectivity index (χ4n) is 5.23. The van der Waals surface area contributed by atoms with Crippen molar-refractivity contribution in [3.63, 3.8) is 0 Å². The zero-order chi connectivity index (χ0) is 21.8. The molecule has 2 aliphatic heterocycles. The van der Waals surface area contributed by atoms with Gasteiger partial charge in [-0.3, -0.25) is 4.79 Å². The fourth-order valence-corrected chi connectivity index (χ4v) is 6.09. The van der Waals surface area contributed by atoms with Crippen LogP contribution in [0, 0.1) is 11.8 Å². The van der Waals surface area contributed by atoms with Crippen LogP contribution in [0.1, 0.15) is 44.1 Å². The van der Waals surface area contributed by atoms with E-state index >= 15 is 0 Å². The van der Waals surface area contributed by atoms with E-state index in [-0.39, 0.29) is 11.8 Å². The number of halogens is 1. The monoisotopic (exact) mass is 456 g/mol. The second-order valence-electron chi connectivity index (χ2n) is 8.94. The molecule has 1 amide bonds. The van der Waals surface area contributed by atoms with E-state index in [0.29, 0.717) is 0 Å². The SMILES string of the molecule is CSc1ccc(N2CCC(C3CCN(C(=O)C(C)c4ccccc4)CC3)CC2)cc1Cl. The van der Waals surface area contributed by atoms with Crippen LogP contribution in [0.3, 0.4) is 0 Å². The quantitative estimate of drug-likeness (QED) is 0.492. The minimum absolute atomic E-state index is 0.0506. The summed E-state index contributed by atoms with van der Waals surface area (Å²) in [5.41, 5.74) is 2.37. The third-order valence-corrected chi connectivity index (χ3v) is 8.45. The zero-order valence-electron chi connectivity index (χ0n) is 18.6. The number of thioether (sulfide) groups is 1. The van der Waals surface area contributed by atoms with Crippen molar-refractivity contribution in [2.24, 2.45) is 11.8 Å². The Hall–Kier alpha value is -1.65. The Morgan fingerprint density at radius 1 is 0.968 bits per heavy atom. The Kier molecular flexibility index (Phi) is 7.50. The van der Waals surface area contributed by atoms with Crippen LogP contribution >= 0.6 is 23.4 Å². The highest BCUT2D eigenvalue weighted by atomic mass is 35.5. The number of carbonyl (C=O) groups excluding carboxylic acids is 1. The maximum absolute atomic E-state index is 13.0. The van der Waals surface area contributed by atoms with Crippen molar-refractivity contribution in [1.29, 1.82) is 0 Å². The van der Waals surface area contributed by atoms with Gasteiger partial charge in [0.25, 0.3) is 0 Å². The highest BCUT2D eigenvalue weighted by Crippen LogP contribution is 2.36. The normalized spacial score (nSPS) is 19.5. The van der Waals surface area contributed by atoms with E-state index in [9.17, 15) is 4.79 Å². The first-order valence-electron chi connectivity index (χ1n) is 11.5. The molecule has 0 N–H and O–H groups in total. The third-order valence-electron chi connectivity index (χ3n) is 7.23. The molecule has 2 fully saturated rings. The largest absolute Gasteiger partial charge is 0.371 e. The molecule has 2 aromatic rings. The second-order valence-corrected chi connectivity index (χ2v) is 10.2. The Bertz CT molecular complexity index is 874. The molecule has 0 bridgehead atoms. The van der Waals surface area contributed by atoms with Crippen LogP contribution in [0.4, 0.5) is 5.69 Å². The van der Waals surface area contributed by atoms with Crippen molar-refractivity contribution in [2.45, 2.75) is 43.4 Å². The van der Waals surface area contributed by atoms with Crippen LogP contribution < -0.4 is 4.90 Å². The zero-order valence-corrected chi connectivity index (χ0v) is 20.2. The Labute approximate surface area is 196 Å². The number of hydrogen-bond donors (Lipinski definition) is 0. The van der Waals surface area contributed by atoms with Gasteiger partial charge in [0.15, 0.2) is 0 Å². The molecule has 166 valence electrons. The van der Waals surface area contributed by atoms with Crippen molar-refractivity contribution in [1.82, 2.24) is 4.90 Å². The number of hydrogen-bond acceptors (Lipinski definition) is 3. The first kappa shape index (κ1) is 22.5. The lowest BCUT2D eigenvalue weighted by Gasteiger charge is -2.41. The van der Waals surface area contributed by atoms with E-state index in [0.717, 1.165) is 66.3 Å². The molecule has 31 heavy (non-hydrogen) atoms. The van der Waals surface area contributed by atoms with Crippen molar-refractivity contribution in [3.8, 4) is 0 Å². The van der Waals surface area contributed by atoms with Gasteiger partial charge in [0.2, 0.25) is 5.91 Å². The molecule has 1 atom stereocenters. The molecule has 2 heterocycles. The Morgan fingerprint density at radius 3 is 2.16 bits per heavy atom. The summed E-state index contributed by atoms with van der Waals surface area (Å²) >= 11 is 8.11. The van der Waals surface area contributed by atoms with E-state index in [1.54, 1.807) is 11.8 Å². The number of rotatable bonds is 5.